The Morgan fingerprint density at radius 3 is 2.36 bits per heavy atom. The SMILES string of the molecule is CCCCCCCCC[C@@]1(O)C[N+](C)(C)C[C@@H](CC(=O)O)O1. The van der Waals surface area contributed by atoms with E-state index in [1.807, 2.05) is 14.1 Å². The van der Waals surface area contributed by atoms with Gasteiger partial charge in [0.05, 0.1) is 20.5 Å². The highest BCUT2D eigenvalue weighted by Gasteiger charge is 2.45. The smallest absolute Gasteiger partial charge is 0.306 e. The average molecular weight is 316 g/mol. The van der Waals surface area contributed by atoms with Crippen LogP contribution in [0.5, 0.6) is 0 Å². The summed E-state index contributed by atoms with van der Waals surface area (Å²) < 4.78 is 6.33. The van der Waals surface area contributed by atoms with E-state index in [-0.39, 0.29) is 6.42 Å². The minimum absolute atomic E-state index is 0.0407. The van der Waals surface area contributed by atoms with Gasteiger partial charge in [0.2, 0.25) is 5.79 Å². The molecule has 2 atom stereocenters. The van der Waals surface area contributed by atoms with Crippen LogP contribution in [0.1, 0.15) is 64.7 Å². The van der Waals surface area contributed by atoms with Gasteiger partial charge in [0.25, 0.3) is 0 Å². The van der Waals surface area contributed by atoms with Gasteiger partial charge in [0.15, 0.2) is 0 Å². The van der Waals surface area contributed by atoms with Crippen LogP contribution in [0.4, 0.5) is 0 Å². The molecule has 2 N–H and O–H groups in total. The molecule has 0 bridgehead atoms. The Hall–Kier alpha value is -0.650. The molecule has 0 radical (unpaired) electrons. The predicted molar refractivity (Wildman–Crippen MR) is 86.5 cm³/mol. The van der Waals surface area contributed by atoms with Crippen molar-refractivity contribution in [1.29, 1.82) is 0 Å². The summed E-state index contributed by atoms with van der Waals surface area (Å²) in [5.74, 6) is -2.05. The van der Waals surface area contributed by atoms with Gasteiger partial charge in [-0.25, -0.2) is 0 Å². The number of carboxylic acids is 1. The van der Waals surface area contributed by atoms with Crippen LogP contribution in [-0.4, -0.2) is 59.7 Å². The van der Waals surface area contributed by atoms with E-state index in [1.54, 1.807) is 0 Å². The lowest BCUT2D eigenvalue weighted by Crippen LogP contribution is -2.62. The number of aliphatic carboxylic acids is 1. The van der Waals surface area contributed by atoms with Crippen LogP contribution in [0.25, 0.3) is 0 Å². The Balaban J connectivity index is 2.37. The number of nitrogens with zero attached hydrogens (tertiary/aromatic N) is 1. The van der Waals surface area contributed by atoms with Crippen LogP contribution < -0.4 is 0 Å². The molecule has 0 amide bonds. The van der Waals surface area contributed by atoms with E-state index in [4.69, 9.17) is 9.84 Å². The Bertz CT molecular complexity index is 346. The molecule has 1 aliphatic heterocycles. The molecule has 0 aliphatic carbocycles. The first-order valence-corrected chi connectivity index (χ1v) is 8.70. The van der Waals surface area contributed by atoms with Crippen LogP contribution in [-0.2, 0) is 9.53 Å². The van der Waals surface area contributed by atoms with Crippen molar-refractivity contribution in [2.45, 2.75) is 76.6 Å². The number of quaternary nitrogens is 1. The van der Waals surface area contributed by atoms with Gasteiger partial charge in [-0.3, -0.25) is 4.79 Å². The van der Waals surface area contributed by atoms with Crippen molar-refractivity contribution in [3.8, 4) is 0 Å². The average Bonchev–Trinajstić information content (AvgIpc) is 2.34. The number of rotatable bonds is 10. The number of likely N-dealkylation sites (N-methyl/N-ethyl adjacent to an activating group) is 1. The van der Waals surface area contributed by atoms with E-state index in [0.29, 0.717) is 24.0 Å². The molecule has 5 heteroatoms. The van der Waals surface area contributed by atoms with E-state index in [9.17, 15) is 9.90 Å². The molecule has 0 spiro atoms. The minimum atomic E-state index is -1.18. The first-order valence-electron chi connectivity index (χ1n) is 8.70. The van der Waals surface area contributed by atoms with Crippen molar-refractivity contribution in [1.82, 2.24) is 0 Å². The molecule has 1 rings (SSSR count). The maximum atomic E-state index is 10.9. The third-order valence-electron chi connectivity index (χ3n) is 4.33. The minimum Gasteiger partial charge on any atom is -0.481 e. The monoisotopic (exact) mass is 316 g/mol. The van der Waals surface area contributed by atoms with E-state index in [1.165, 1.54) is 32.1 Å². The zero-order chi connectivity index (χ0) is 16.6. The van der Waals surface area contributed by atoms with Gasteiger partial charge in [-0.1, -0.05) is 45.4 Å². The molecule has 0 aromatic rings. The second-order valence-corrected chi connectivity index (χ2v) is 7.43. The van der Waals surface area contributed by atoms with Crippen molar-refractivity contribution in [3.63, 3.8) is 0 Å². The van der Waals surface area contributed by atoms with E-state index in [0.717, 1.165) is 12.8 Å². The fourth-order valence-electron chi connectivity index (χ4n) is 3.47. The summed E-state index contributed by atoms with van der Waals surface area (Å²) in [6, 6.07) is 0. The molecule has 1 saturated heterocycles. The molecule has 0 unspecified atom stereocenters. The molecular formula is C17H34NO4+. The molecule has 22 heavy (non-hydrogen) atoms. The van der Waals surface area contributed by atoms with Gasteiger partial charge in [0.1, 0.15) is 19.2 Å². The lowest BCUT2D eigenvalue weighted by Gasteiger charge is -2.46. The van der Waals surface area contributed by atoms with Gasteiger partial charge in [-0.15, -0.1) is 0 Å². The van der Waals surface area contributed by atoms with E-state index < -0.39 is 17.9 Å². The van der Waals surface area contributed by atoms with Gasteiger partial charge in [0, 0.05) is 6.42 Å². The third-order valence-corrected chi connectivity index (χ3v) is 4.33. The highest BCUT2D eigenvalue weighted by Crippen LogP contribution is 2.29. The summed E-state index contributed by atoms with van der Waals surface area (Å²) in [7, 11) is 4.04. The summed E-state index contributed by atoms with van der Waals surface area (Å²) in [4.78, 5) is 10.9. The third kappa shape index (κ3) is 7.56. The van der Waals surface area contributed by atoms with Crippen LogP contribution in [0, 0.1) is 0 Å². The highest BCUT2D eigenvalue weighted by molar-refractivity contribution is 5.67. The van der Waals surface area contributed by atoms with Gasteiger partial charge in [-0.2, -0.15) is 0 Å². The fourth-order valence-corrected chi connectivity index (χ4v) is 3.47. The number of carboxylic acid groups (broad SMARTS) is 1. The molecule has 1 aliphatic rings. The highest BCUT2D eigenvalue weighted by atomic mass is 16.6. The quantitative estimate of drug-likeness (QED) is 0.480. The van der Waals surface area contributed by atoms with Gasteiger partial charge < -0.3 is 19.4 Å². The second-order valence-electron chi connectivity index (χ2n) is 7.43. The zero-order valence-corrected chi connectivity index (χ0v) is 14.5. The molecule has 0 saturated carbocycles. The molecular weight excluding hydrogens is 282 g/mol. The Labute approximate surface area is 134 Å². The largest absolute Gasteiger partial charge is 0.481 e. The molecule has 0 aromatic heterocycles. The number of aliphatic hydroxyl groups is 1. The summed E-state index contributed by atoms with van der Waals surface area (Å²) in [6.45, 7) is 3.37. The number of hydrogen-bond donors (Lipinski definition) is 2. The van der Waals surface area contributed by atoms with Crippen molar-refractivity contribution >= 4 is 5.97 Å². The predicted octanol–water partition coefficient (Wildman–Crippen LogP) is 2.77. The van der Waals surface area contributed by atoms with E-state index in [2.05, 4.69) is 6.92 Å². The Kier molecular flexibility index (Phi) is 7.80. The van der Waals surface area contributed by atoms with Crippen LogP contribution >= 0.6 is 0 Å². The van der Waals surface area contributed by atoms with Crippen molar-refractivity contribution in [2.24, 2.45) is 0 Å². The molecule has 1 heterocycles. The van der Waals surface area contributed by atoms with E-state index >= 15 is 0 Å². The zero-order valence-electron chi connectivity index (χ0n) is 14.5. The first kappa shape index (κ1) is 19.4. The van der Waals surface area contributed by atoms with Crippen LogP contribution in [0.15, 0.2) is 0 Å². The standard InChI is InChI=1S/C17H33NO4/c1-4-5-6-7-8-9-10-11-17(21)14-18(2,3)13-15(22-17)12-16(19)20/h15,21H,4-14H2,1-3H3/p+1/t15-,17+/m1/s1. The number of ether oxygens (including phenoxy) is 1. The number of morpholine rings is 1. The van der Waals surface area contributed by atoms with Crippen molar-refractivity contribution in [3.05, 3.63) is 0 Å². The topological polar surface area (TPSA) is 66.8 Å². The lowest BCUT2D eigenvalue weighted by atomic mass is 10.0. The molecule has 1 fully saturated rings. The summed E-state index contributed by atoms with van der Waals surface area (Å²) >= 11 is 0. The summed E-state index contributed by atoms with van der Waals surface area (Å²) in [5.41, 5.74) is 0. The maximum absolute atomic E-state index is 10.9. The lowest BCUT2D eigenvalue weighted by molar-refractivity contribution is -0.915. The molecule has 0 aromatic carbocycles. The number of hydrogen-bond acceptors (Lipinski definition) is 3. The first-order chi connectivity index (χ1) is 10.3. The molecule has 130 valence electrons. The fraction of sp³-hybridized carbons (Fsp3) is 0.941. The number of unbranched alkanes of at least 4 members (excludes halogenated alkanes) is 6. The Morgan fingerprint density at radius 2 is 1.77 bits per heavy atom. The van der Waals surface area contributed by atoms with Crippen molar-refractivity contribution < 1.29 is 24.2 Å². The summed E-state index contributed by atoms with van der Waals surface area (Å²) in [5, 5.41) is 19.7. The van der Waals surface area contributed by atoms with Crippen LogP contribution in [0.2, 0.25) is 0 Å². The van der Waals surface area contributed by atoms with Crippen LogP contribution in [0.3, 0.4) is 0 Å². The van der Waals surface area contributed by atoms with Gasteiger partial charge in [-0.05, 0) is 6.42 Å². The van der Waals surface area contributed by atoms with Gasteiger partial charge >= 0.3 is 5.97 Å². The summed E-state index contributed by atoms with van der Waals surface area (Å²) in [6.07, 6.45) is 8.50. The Morgan fingerprint density at radius 1 is 1.18 bits per heavy atom. The maximum Gasteiger partial charge on any atom is 0.306 e. The normalized spacial score (nSPS) is 27.7. The number of carbonyl (C=O) groups is 1. The van der Waals surface area contributed by atoms with Crippen molar-refractivity contribution in [2.75, 3.05) is 27.2 Å². The second kappa shape index (κ2) is 8.85. The molecule has 5 nitrogen and oxygen atoms in total.